The highest BCUT2D eigenvalue weighted by atomic mass is 16.3. The van der Waals surface area contributed by atoms with Crippen LogP contribution in [0.5, 0.6) is 0 Å². The lowest BCUT2D eigenvalue weighted by molar-refractivity contribution is 0.668. The minimum Gasteiger partial charge on any atom is -0.456 e. The topological polar surface area (TPSA) is 23.0 Å². The summed E-state index contributed by atoms with van der Waals surface area (Å²) < 4.78 is 11.0. The van der Waals surface area contributed by atoms with Gasteiger partial charge in [-0.05, 0) is 95.1 Å². The van der Waals surface area contributed by atoms with Crippen LogP contribution in [0.3, 0.4) is 0 Å². The molecule has 0 aliphatic heterocycles. The monoisotopic (exact) mass is 650 g/mol. The van der Waals surface area contributed by atoms with Gasteiger partial charge >= 0.3 is 0 Å². The van der Waals surface area contributed by atoms with Crippen molar-refractivity contribution in [1.29, 1.82) is 0 Å². The molecule has 0 spiro atoms. The Morgan fingerprint density at radius 2 is 0.784 bits per heavy atom. The van der Waals surface area contributed by atoms with Gasteiger partial charge in [-0.2, -0.15) is 0 Å². The van der Waals surface area contributed by atoms with Crippen LogP contribution in [0, 0.1) is 0 Å². The number of nitrogens with zero attached hydrogens (tertiary/aromatic N) is 2. The van der Waals surface area contributed by atoms with E-state index in [9.17, 15) is 0 Å². The van der Waals surface area contributed by atoms with Crippen molar-refractivity contribution in [2.24, 2.45) is 0 Å². The molecule has 238 valence electrons. The van der Waals surface area contributed by atoms with E-state index in [0.29, 0.717) is 0 Å². The second-order valence-electron chi connectivity index (χ2n) is 13.4. The zero-order valence-corrected chi connectivity index (χ0v) is 27.6. The Balaban J connectivity index is 1.03. The van der Waals surface area contributed by atoms with Crippen LogP contribution in [-0.2, 0) is 0 Å². The van der Waals surface area contributed by atoms with E-state index in [2.05, 4.69) is 179 Å². The molecule has 11 aromatic rings. The molecule has 0 saturated carbocycles. The maximum Gasteiger partial charge on any atom is 0.137 e. The fourth-order valence-electron chi connectivity index (χ4n) is 8.17. The number of furan rings is 1. The van der Waals surface area contributed by atoms with Gasteiger partial charge in [-0.15, -0.1) is 0 Å². The third-order valence-electron chi connectivity index (χ3n) is 10.5. The highest BCUT2D eigenvalue weighted by Crippen LogP contribution is 2.39. The molecular weight excluding hydrogens is 621 g/mol. The molecule has 0 amide bonds. The van der Waals surface area contributed by atoms with Crippen LogP contribution < -0.4 is 0 Å². The number of benzene rings is 8. The average Bonchev–Trinajstić information content (AvgIpc) is 3.85. The smallest absolute Gasteiger partial charge is 0.137 e. The third-order valence-corrected chi connectivity index (χ3v) is 10.5. The van der Waals surface area contributed by atoms with Crippen LogP contribution in [0.25, 0.3) is 99.2 Å². The highest BCUT2D eigenvalue weighted by molar-refractivity contribution is 6.12. The normalized spacial score (nSPS) is 11.9. The van der Waals surface area contributed by atoms with Crippen LogP contribution in [0.1, 0.15) is 0 Å². The number of aromatic nitrogens is 2. The zero-order valence-electron chi connectivity index (χ0n) is 27.6. The first-order chi connectivity index (χ1) is 25.3. The molecule has 8 aromatic carbocycles. The minimum atomic E-state index is 0.899. The van der Waals surface area contributed by atoms with Gasteiger partial charge in [-0.25, -0.2) is 0 Å². The Morgan fingerprint density at radius 3 is 1.45 bits per heavy atom. The predicted octanol–water partition coefficient (Wildman–Crippen LogP) is 13.1. The lowest BCUT2D eigenvalue weighted by Crippen LogP contribution is -1.93. The summed E-state index contributed by atoms with van der Waals surface area (Å²) in [4.78, 5) is 0. The lowest BCUT2D eigenvalue weighted by atomic mass is 9.97. The van der Waals surface area contributed by atoms with Crippen LogP contribution >= 0.6 is 0 Å². The summed E-state index contributed by atoms with van der Waals surface area (Å²) in [6.07, 6.45) is 0. The fourth-order valence-corrected chi connectivity index (χ4v) is 8.17. The van der Waals surface area contributed by atoms with E-state index in [1.807, 2.05) is 12.1 Å². The van der Waals surface area contributed by atoms with Gasteiger partial charge in [0, 0.05) is 49.8 Å². The maximum atomic E-state index is 6.29. The van der Waals surface area contributed by atoms with Gasteiger partial charge in [0.05, 0.1) is 22.1 Å². The Morgan fingerprint density at radius 1 is 0.275 bits per heavy atom. The fraction of sp³-hybridized carbons (Fsp3) is 0. The second kappa shape index (κ2) is 10.8. The van der Waals surface area contributed by atoms with Crippen molar-refractivity contribution in [1.82, 2.24) is 9.13 Å². The molecule has 11 rings (SSSR count). The Bertz CT molecular complexity index is 3140. The van der Waals surface area contributed by atoms with Crippen LogP contribution in [-0.4, -0.2) is 9.13 Å². The second-order valence-corrected chi connectivity index (χ2v) is 13.4. The maximum absolute atomic E-state index is 6.29. The predicted molar refractivity (Wildman–Crippen MR) is 213 cm³/mol. The standard InChI is InChI=1S/C48H30N2O/c1-2-13-35(14-3-1)49-43-18-7-4-15-37(43)41-28-33(21-25-45(41)49)31-11-10-12-32(27-31)34-22-26-46-42(29-34)38-16-5-8-19-44(38)50(46)36-23-24-40-39-17-6-9-20-47(39)51-48(40)30-36/h1-30H. The number of para-hydroxylation sites is 4. The summed E-state index contributed by atoms with van der Waals surface area (Å²) in [5.41, 5.74) is 13.7. The summed E-state index contributed by atoms with van der Waals surface area (Å²) in [6.45, 7) is 0. The first kappa shape index (κ1) is 28.0. The van der Waals surface area contributed by atoms with E-state index < -0.39 is 0 Å². The average molecular weight is 651 g/mol. The van der Waals surface area contributed by atoms with Crippen molar-refractivity contribution < 1.29 is 4.42 Å². The van der Waals surface area contributed by atoms with E-state index in [-0.39, 0.29) is 0 Å². The molecule has 0 aliphatic carbocycles. The van der Waals surface area contributed by atoms with Crippen LogP contribution in [0.15, 0.2) is 186 Å². The molecule has 51 heavy (non-hydrogen) atoms. The highest BCUT2D eigenvalue weighted by Gasteiger charge is 2.16. The van der Waals surface area contributed by atoms with Crippen molar-refractivity contribution in [3.8, 4) is 33.6 Å². The van der Waals surface area contributed by atoms with Gasteiger partial charge in [0.1, 0.15) is 11.2 Å². The molecule has 3 heterocycles. The zero-order chi connectivity index (χ0) is 33.5. The SMILES string of the molecule is c1ccc(-n2c3ccccc3c3cc(-c4cccc(-c5ccc6c(c5)c5ccccc5n6-c5ccc6c(c5)oc5ccccc56)c4)ccc32)cc1. The first-order valence-electron chi connectivity index (χ1n) is 17.4. The summed E-state index contributed by atoms with van der Waals surface area (Å²) in [7, 11) is 0. The van der Waals surface area contributed by atoms with Gasteiger partial charge in [-0.1, -0.05) is 103 Å². The van der Waals surface area contributed by atoms with Crippen LogP contribution in [0.2, 0.25) is 0 Å². The lowest BCUT2D eigenvalue weighted by Gasteiger charge is -2.10. The van der Waals surface area contributed by atoms with E-state index in [1.165, 1.54) is 71.6 Å². The van der Waals surface area contributed by atoms with Gasteiger partial charge < -0.3 is 13.6 Å². The van der Waals surface area contributed by atoms with Crippen molar-refractivity contribution in [3.05, 3.63) is 182 Å². The number of hydrogen-bond donors (Lipinski definition) is 0. The molecule has 3 nitrogen and oxygen atoms in total. The minimum absolute atomic E-state index is 0.899. The van der Waals surface area contributed by atoms with Gasteiger partial charge in [0.2, 0.25) is 0 Å². The molecule has 0 unspecified atom stereocenters. The van der Waals surface area contributed by atoms with Gasteiger partial charge in [0.15, 0.2) is 0 Å². The molecular formula is C48H30N2O. The van der Waals surface area contributed by atoms with Crippen molar-refractivity contribution in [2.45, 2.75) is 0 Å². The van der Waals surface area contributed by atoms with E-state index in [4.69, 9.17) is 4.42 Å². The summed E-state index contributed by atoms with van der Waals surface area (Å²) in [5.74, 6) is 0. The summed E-state index contributed by atoms with van der Waals surface area (Å²) in [5, 5.41) is 7.26. The van der Waals surface area contributed by atoms with Crippen molar-refractivity contribution in [2.75, 3.05) is 0 Å². The number of fused-ring (bicyclic) bond motifs is 9. The molecule has 3 heteroatoms. The summed E-state index contributed by atoms with van der Waals surface area (Å²) in [6, 6.07) is 65.6. The molecule has 0 N–H and O–H groups in total. The van der Waals surface area contributed by atoms with Gasteiger partial charge in [0.25, 0.3) is 0 Å². The van der Waals surface area contributed by atoms with Crippen LogP contribution in [0.4, 0.5) is 0 Å². The quantitative estimate of drug-likeness (QED) is 0.186. The molecule has 0 atom stereocenters. The van der Waals surface area contributed by atoms with E-state index in [1.54, 1.807) is 0 Å². The molecule has 0 fully saturated rings. The number of rotatable bonds is 4. The van der Waals surface area contributed by atoms with E-state index in [0.717, 1.165) is 27.6 Å². The molecule has 0 aliphatic rings. The Labute approximate surface area is 293 Å². The molecule has 3 aromatic heterocycles. The Kier molecular flexibility index (Phi) is 5.96. The molecule has 0 saturated heterocycles. The van der Waals surface area contributed by atoms with Crippen molar-refractivity contribution in [3.63, 3.8) is 0 Å². The first-order valence-corrected chi connectivity index (χ1v) is 17.4. The van der Waals surface area contributed by atoms with E-state index >= 15 is 0 Å². The number of hydrogen-bond acceptors (Lipinski definition) is 1. The Hall–Kier alpha value is -6.84. The third kappa shape index (κ3) is 4.25. The van der Waals surface area contributed by atoms with Gasteiger partial charge in [-0.3, -0.25) is 0 Å². The summed E-state index contributed by atoms with van der Waals surface area (Å²) >= 11 is 0. The molecule has 0 radical (unpaired) electrons. The van der Waals surface area contributed by atoms with Crippen molar-refractivity contribution >= 4 is 65.6 Å². The largest absolute Gasteiger partial charge is 0.456 e. The molecule has 0 bridgehead atoms.